The molecule has 26 heavy (non-hydrogen) atoms. The third-order valence-corrected chi connectivity index (χ3v) is 4.84. The smallest absolute Gasteiger partial charge is 0.257 e. The topological polar surface area (TPSA) is 54.0 Å². The van der Waals surface area contributed by atoms with Gasteiger partial charge in [-0.05, 0) is 62.8 Å². The van der Waals surface area contributed by atoms with E-state index in [4.69, 9.17) is 11.6 Å². The summed E-state index contributed by atoms with van der Waals surface area (Å²) in [5.74, 6) is -0.193. The van der Waals surface area contributed by atoms with Crippen LogP contribution in [0.2, 0.25) is 5.02 Å². The van der Waals surface area contributed by atoms with Gasteiger partial charge in [0.1, 0.15) is 0 Å². The van der Waals surface area contributed by atoms with E-state index in [2.05, 4.69) is 21.7 Å². The lowest BCUT2D eigenvalue weighted by Gasteiger charge is -2.14. The van der Waals surface area contributed by atoms with E-state index in [0.717, 1.165) is 24.2 Å². The number of carbonyl (C=O) groups excluding carboxylic acids is 1. The molecule has 1 aliphatic rings. The lowest BCUT2D eigenvalue weighted by molar-refractivity contribution is 0.102. The van der Waals surface area contributed by atoms with Crippen molar-refractivity contribution < 1.29 is 4.79 Å². The Morgan fingerprint density at radius 1 is 1.23 bits per heavy atom. The highest BCUT2D eigenvalue weighted by molar-refractivity contribution is 6.31. The van der Waals surface area contributed by atoms with Gasteiger partial charge >= 0.3 is 0 Å². The van der Waals surface area contributed by atoms with Crippen molar-refractivity contribution in [2.75, 3.05) is 17.2 Å². The van der Waals surface area contributed by atoms with E-state index in [-0.39, 0.29) is 5.91 Å². The summed E-state index contributed by atoms with van der Waals surface area (Å²) in [5.41, 5.74) is 4.58. The maximum absolute atomic E-state index is 12.5. The van der Waals surface area contributed by atoms with Gasteiger partial charge in [0, 0.05) is 29.6 Å². The predicted molar refractivity (Wildman–Crippen MR) is 108 cm³/mol. The molecule has 0 fully saturated rings. The average molecular weight is 370 g/mol. The lowest BCUT2D eigenvalue weighted by Crippen LogP contribution is -2.14. The second-order valence-electron chi connectivity index (χ2n) is 6.66. The fraction of sp³-hybridized carbons (Fsp3) is 0.333. The number of rotatable bonds is 6. The number of amides is 1. The first-order valence-electron chi connectivity index (χ1n) is 9.06. The Hall–Kier alpha value is -2.33. The number of aryl methyl sites for hydroxylation is 1. The molecule has 0 radical (unpaired) electrons. The van der Waals surface area contributed by atoms with Crippen LogP contribution in [0.5, 0.6) is 0 Å². The molecule has 2 aromatic rings. The van der Waals surface area contributed by atoms with Crippen LogP contribution >= 0.6 is 11.6 Å². The maximum Gasteiger partial charge on any atom is 0.257 e. The van der Waals surface area contributed by atoms with Crippen molar-refractivity contribution in [2.24, 2.45) is 0 Å². The van der Waals surface area contributed by atoms with Crippen molar-refractivity contribution in [3.8, 4) is 0 Å². The molecule has 0 aliphatic heterocycles. The van der Waals surface area contributed by atoms with E-state index in [0.29, 0.717) is 16.3 Å². The Kier molecular flexibility index (Phi) is 6.29. The monoisotopic (exact) mass is 369 g/mol. The summed E-state index contributed by atoms with van der Waals surface area (Å²) in [6, 6.07) is 7.27. The number of pyridine rings is 1. The molecule has 0 saturated heterocycles. The summed E-state index contributed by atoms with van der Waals surface area (Å²) in [5, 5.41) is 6.86. The number of halogens is 1. The zero-order valence-electron chi connectivity index (χ0n) is 15.0. The number of allylic oxidation sites excluding steroid dienone is 1. The van der Waals surface area contributed by atoms with E-state index in [1.807, 2.05) is 19.1 Å². The van der Waals surface area contributed by atoms with E-state index in [1.165, 1.54) is 31.3 Å². The van der Waals surface area contributed by atoms with Crippen LogP contribution < -0.4 is 10.6 Å². The molecule has 1 amide bonds. The Balaban J connectivity index is 1.60. The first kappa shape index (κ1) is 18.5. The number of hydrogen-bond acceptors (Lipinski definition) is 3. The summed E-state index contributed by atoms with van der Waals surface area (Å²) >= 11 is 6.01. The summed E-state index contributed by atoms with van der Waals surface area (Å²) in [7, 11) is 0. The summed E-state index contributed by atoms with van der Waals surface area (Å²) in [4.78, 5) is 16.7. The first-order valence-corrected chi connectivity index (χ1v) is 9.44. The quantitative estimate of drug-likeness (QED) is 0.652. The molecule has 1 heterocycles. The number of hydrogen-bond donors (Lipinski definition) is 2. The molecule has 0 atom stereocenters. The van der Waals surface area contributed by atoms with E-state index in [1.54, 1.807) is 24.5 Å². The maximum atomic E-state index is 12.5. The van der Waals surface area contributed by atoms with Gasteiger partial charge in [0.25, 0.3) is 5.91 Å². The van der Waals surface area contributed by atoms with Crippen LogP contribution in [0.4, 0.5) is 11.4 Å². The summed E-state index contributed by atoms with van der Waals surface area (Å²) in [6.07, 6.45) is 11.7. The van der Waals surface area contributed by atoms with Crippen molar-refractivity contribution in [3.63, 3.8) is 0 Å². The van der Waals surface area contributed by atoms with Crippen LogP contribution in [-0.4, -0.2) is 17.4 Å². The predicted octanol–water partition coefficient (Wildman–Crippen LogP) is 5.60. The third kappa shape index (κ3) is 5.09. The van der Waals surface area contributed by atoms with E-state index >= 15 is 0 Å². The van der Waals surface area contributed by atoms with E-state index < -0.39 is 0 Å². The normalized spacial score (nSPS) is 13.8. The minimum atomic E-state index is -0.193. The van der Waals surface area contributed by atoms with Gasteiger partial charge < -0.3 is 10.6 Å². The van der Waals surface area contributed by atoms with Crippen molar-refractivity contribution in [2.45, 2.75) is 39.0 Å². The van der Waals surface area contributed by atoms with Gasteiger partial charge in [-0.2, -0.15) is 0 Å². The molecule has 0 bridgehead atoms. The molecule has 0 spiro atoms. The van der Waals surface area contributed by atoms with Gasteiger partial charge in [-0.25, -0.2) is 0 Å². The number of nitrogens with zero attached hydrogens (tertiary/aromatic N) is 1. The molecule has 1 aromatic carbocycles. The van der Waals surface area contributed by atoms with Crippen LogP contribution in [0.1, 0.15) is 48.0 Å². The minimum Gasteiger partial charge on any atom is -0.383 e. The molecule has 0 saturated carbocycles. The van der Waals surface area contributed by atoms with Crippen LogP contribution in [0.25, 0.3) is 0 Å². The molecule has 1 aliphatic carbocycles. The fourth-order valence-electron chi connectivity index (χ4n) is 3.08. The van der Waals surface area contributed by atoms with Gasteiger partial charge in [-0.3, -0.25) is 9.78 Å². The van der Waals surface area contributed by atoms with Crippen molar-refractivity contribution in [1.82, 2.24) is 4.98 Å². The molecular weight excluding hydrogens is 346 g/mol. The Labute approximate surface area is 159 Å². The highest BCUT2D eigenvalue weighted by Crippen LogP contribution is 2.22. The summed E-state index contributed by atoms with van der Waals surface area (Å²) < 4.78 is 0. The van der Waals surface area contributed by atoms with Crippen LogP contribution in [0.15, 0.2) is 48.3 Å². The van der Waals surface area contributed by atoms with Gasteiger partial charge in [-0.1, -0.05) is 29.3 Å². The Morgan fingerprint density at radius 3 is 2.92 bits per heavy atom. The largest absolute Gasteiger partial charge is 0.383 e. The molecule has 2 N–H and O–H groups in total. The minimum absolute atomic E-state index is 0.193. The fourth-order valence-corrected chi connectivity index (χ4v) is 3.26. The van der Waals surface area contributed by atoms with Crippen LogP contribution in [0.3, 0.4) is 0 Å². The molecule has 0 unspecified atom stereocenters. The van der Waals surface area contributed by atoms with Crippen molar-refractivity contribution >= 4 is 28.9 Å². The molecular formula is C21H24ClN3O. The lowest BCUT2D eigenvalue weighted by atomic mass is 9.97. The van der Waals surface area contributed by atoms with Gasteiger partial charge in [0.05, 0.1) is 11.3 Å². The standard InChI is InChI=1S/C21H24ClN3O/c1-15-7-8-18(22)12-20(15)25-21(26)17-11-19(14-23-13-17)24-10-9-16-5-3-2-4-6-16/h5,7-8,11-14,24H,2-4,6,9-10H2,1H3,(H,25,26). The molecule has 136 valence electrons. The Bertz CT molecular complexity index is 817. The zero-order valence-corrected chi connectivity index (χ0v) is 15.8. The zero-order chi connectivity index (χ0) is 18.4. The second-order valence-corrected chi connectivity index (χ2v) is 7.10. The number of aromatic nitrogens is 1. The molecule has 1 aromatic heterocycles. The summed E-state index contributed by atoms with van der Waals surface area (Å²) in [6.45, 7) is 2.79. The third-order valence-electron chi connectivity index (χ3n) is 4.61. The van der Waals surface area contributed by atoms with Gasteiger partial charge in [0.2, 0.25) is 0 Å². The Morgan fingerprint density at radius 2 is 2.12 bits per heavy atom. The SMILES string of the molecule is Cc1ccc(Cl)cc1NC(=O)c1cncc(NCCC2=CCCCC2)c1. The molecule has 3 rings (SSSR count). The van der Waals surface area contributed by atoms with Crippen LogP contribution in [-0.2, 0) is 0 Å². The van der Waals surface area contributed by atoms with Crippen LogP contribution in [0, 0.1) is 6.92 Å². The number of carbonyl (C=O) groups is 1. The number of benzene rings is 1. The van der Waals surface area contributed by atoms with Gasteiger partial charge in [-0.15, -0.1) is 0 Å². The van der Waals surface area contributed by atoms with E-state index in [9.17, 15) is 4.79 Å². The number of anilines is 2. The van der Waals surface area contributed by atoms with Gasteiger partial charge in [0.15, 0.2) is 0 Å². The first-order chi connectivity index (χ1) is 12.6. The second kappa shape index (κ2) is 8.86. The molecule has 4 nitrogen and oxygen atoms in total. The highest BCUT2D eigenvalue weighted by atomic mass is 35.5. The van der Waals surface area contributed by atoms with Crippen molar-refractivity contribution in [3.05, 3.63) is 64.5 Å². The average Bonchev–Trinajstić information content (AvgIpc) is 2.66. The molecule has 5 heteroatoms. The van der Waals surface area contributed by atoms with Crippen molar-refractivity contribution in [1.29, 1.82) is 0 Å². The highest BCUT2D eigenvalue weighted by Gasteiger charge is 2.10. The number of nitrogens with one attached hydrogen (secondary N) is 2.